The minimum Gasteiger partial charge on any atom is -0.394 e. The fourth-order valence-corrected chi connectivity index (χ4v) is 3.07. The second-order valence-corrected chi connectivity index (χ2v) is 8.61. The first-order valence-electron chi connectivity index (χ1n) is 11.9. The smallest absolute Gasteiger partial charge is 0.237 e. The molecule has 0 rings (SSSR count). The molecular weight excluding hydrogens is 448 g/mol. The minimum atomic E-state index is -1.78. The Morgan fingerprint density at radius 3 is 2.00 bits per heavy atom. The maximum Gasteiger partial charge on any atom is 0.237 e. The van der Waals surface area contributed by atoms with Crippen molar-refractivity contribution in [3.63, 3.8) is 0 Å². The predicted molar refractivity (Wildman–Crippen MR) is 126 cm³/mol. The van der Waals surface area contributed by atoms with Crippen molar-refractivity contribution in [1.29, 1.82) is 0 Å². The molecule has 12 nitrogen and oxygen atoms in total. The summed E-state index contributed by atoms with van der Waals surface area (Å²) < 4.78 is 0. The van der Waals surface area contributed by atoms with Gasteiger partial charge in [0, 0.05) is 38.5 Å². The van der Waals surface area contributed by atoms with Gasteiger partial charge in [0.05, 0.1) is 18.8 Å². The highest BCUT2D eigenvalue weighted by Gasteiger charge is 2.30. The van der Waals surface area contributed by atoms with E-state index in [-0.39, 0.29) is 43.7 Å². The Morgan fingerprint density at radius 1 is 0.794 bits per heavy atom. The molecule has 0 unspecified atom stereocenters. The average molecular weight is 493 g/mol. The molecule has 3 amide bonds. The Balaban J connectivity index is 4.45. The molecule has 0 aliphatic rings. The van der Waals surface area contributed by atoms with Gasteiger partial charge in [-0.1, -0.05) is 33.6 Å². The Hall–Kier alpha value is -1.83. The van der Waals surface area contributed by atoms with Crippen LogP contribution in [0.4, 0.5) is 0 Å². The zero-order valence-electron chi connectivity index (χ0n) is 20.5. The van der Waals surface area contributed by atoms with Crippen LogP contribution >= 0.6 is 0 Å². The monoisotopic (exact) mass is 492 g/mol. The number of hydrogen-bond acceptors (Lipinski definition) is 9. The number of aliphatic hydroxyl groups is 5. The third-order valence-electron chi connectivity index (χ3n) is 5.10. The summed E-state index contributed by atoms with van der Waals surface area (Å²) in [6.45, 7) is 5.38. The van der Waals surface area contributed by atoms with Gasteiger partial charge in [0.1, 0.15) is 18.3 Å². The van der Waals surface area contributed by atoms with E-state index in [9.17, 15) is 34.8 Å². The van der Waals surface area contributed by atoms with E-state index in [1.54, 1.807) is 0 Å². The number of unbranched alkanes of at least 4 members (excludes halogenated alkanes) is 2. The second-order valence-electron chi connectivity index (χ2n) is 8.61. The summed E-state index contributed by atoms with van der Waals surface area (Å²) in [7, 11) is 0. The summed E-state index contributed by atoms with van der Waals surface area (Å²) in [6, 6.07) is -0.701. The predicted octanol–water partition coefficient (Wildman–Crippen LogP) is -2.50. The van der Waals surface area contributed by atoms with E-state index in [0.717, 1.165) is 19.3 Å². The van der Waals surface area contributed by atoms with Crippen LogP contribution in [-0.2, 0) is 14.4 Å². The molecule has 0 radical (unpaired) electrons. The Bertz CT molecular complexity index is 593. The molecular formula is C22H44N4O8. The Morgan fingerprint density at radius 2 is 1.41 bits per heavy atom. The maximum atomic E-state index is 12.5. The average Bonchev–Trinajstić information content (AvgIpc) is 2.80. The van der Waals surface area contributed by atoms with E-state index in [0.29, 0.717) is 6.54 Å². The van der Waals surface area contributed by atoms with E-state index in [2.05, 4.69) is 28.2 Å². The highest BCUT2D eigenvalue weighted by atomic mass is 16.4. The fraction of sp³-hybridized carbons (Fsp3) is 0.864. The van der Waals surface area contributed by atoms with Crippen LogP contribution in [0.3, 0.4) is 0 Å². The molecule has 200 valence electrons. The quantitative estimate of drug-likeness (QED) is 0.0874. The normalized spacial score (nSPS) is 15.8. The lowest BCUT2D eigenvalue weighted by Gasteiger charge is -2.25. The maximum absolute atomic E-state index is 12.5. The molecule has 0 heterocycles. The third kappa shape index (κ3) is 14.4. The Labute approximate surface area is 201 Å². The van der Waals surface area contributed by atoms with E-state index in [1.807, 2.05) is 13.8 Å². The molecule has 9 N–H and O–H groups in total. The number of amides is 3. The molecule has 12 heteroatoms. The van der Waals surface area contributed by atoms with Crippen molar-refractivity contribution in [2.45, 2.75) is 95.8 Å². The van der Waals surface area contributed by atoms with Gasteiger partial charge in [-0.15, -0.1) is 0 Å². The van der Waals surface area contributed by atoms with Gasteiger partial charge in [-0.3, -0.25) is 14.4 Å². The molecule has 0 aromatic carbocycles. The van der Waals surface area contributed by atoms with Gasteiger partial charge < -0.3 is 46.8 Å². The van der Waals surface area contributed by atoms with Crippen LogP contribution in [0.2, 0.25) is 0 Å². The van der Waals surface area contributed by atoms with Gasteiger partial charge in [0.25, 0.3) is 0 Å². The van der Waals surface area contributed by atoms with Gasteiger partial charge in [0.2, 0.25) is 17.7 Å². The van der Waals surface area contributed by atoms with Crippen LogP contribution in [0.25, 0.3) is 0 Å². The fourth-order valence-electron chi connectivity index (χ4n) is 3.07. The lowest BCUT2D eigenvalue weighted by molar-refractivity contribution is -0.126. The molecule has 0 aliphatic carbocycles. The van der Waals surface area contributed by atoms with Crippen molar-refractivity contribution in [1.82, 2.24) is 21.3 Å². The molecule has 5 atom stereocenters. The Kier molecular flexibility index (Phi) is 17.5. The standard InChI is InChI=1S/C22H44N4O8/c1-4-5-6-10-23-19(31)9-11-24-22(34)15(26-14(2)3)7-8-18(30)25-12-16(28)20(32)21(33)17(29)13-27/h14-17,20-21,26-29,32-33H,4-13H2,1-3H3,(H,23,31)(H,24,34)(H,25,30)/t15-,16-,17+,20+,21+/m0/s1. The molecule has 0 saturated heterocycles. The molecule has 0 aliphatic heterocycles. The largest absolute Gasteiger partial charge is 0.394 e. The van der Waals surface area contributed by atoms with E-state index in [1.165, 1.54) is 0 Å². The van der Waals surface area contributed by atoms with Crippen molar-refractivity contribution in [3.8, 4) is 0 Å². The van der Waals surface area contributed by atoms with Crippen LogP contribution in [0.5, 0.6) is 0 Å². The third-order valence-corrected chi connectivity index (χ3v) is 5.10. The van der Waals surface area contributed by atoms with Gasteiger partial charge in [-0.2, -0.15) is 0 Å². The lowest BCUT2D eigenvalue weighted by Crippen LogP contribution is -2.50. The molecule has 0 spiro atoms. The zero-order valence-corrected chi connectivity index (χ0v) is 20.5. The molecule has 0 bridgehead atoms. The number of nitrogens with one attached hydrogen (secondary N) is 4. The summed E-state index contributed by atoms with van der Waals surface area (Å²) in [5, 5.41) is 58.3. The van der Waals surface area contributed by atoms with Gasteiger partial charge in [0.15, 0.2) is 0 Å². The van der Waals surface area contributed by atoms with Crippen molar-refractivity contribution in [3.05, 3.63) is 0 Å². The first kappa shape index (κ1) is 32.2. The van der Waals surface area contributed by atoms with Gasteiger partial charge >= 0.3 is 0 Å². The van der Waals surface area contributed by atoms with Crippen LogP contribution in [-0.4, -0.2) is 106 Å². The van der Waals surface area contributed by atoms with Crippen molar-refractivity contribution < 1.29 is 39.9 Å². The van der Waals surface area contributed by atoms with Crippen LogP contribution in [0, 0.1) is 0 Å². The summed E-state index contributed by atoms with van der Waals surface area (Å²) >= 11 is 0. The number of carbonyl (C=O) groups is 3. The summed E-state index contributed by atoms with van der Waals surface area (Å²) in [4.78, 5) is 36.4. The van der Waals surface area contributed by atoms with Crippen molar-refractivity contribution in [2.24, 2.45) is 0 Å². The first-order valence-corrected chi connectivity index (χ1v) is 11.9. The highest BCUT2D eigenvalue weighted by Crippen LogP contribution is 2.05. The van der Waals surface area contributed by atoms with Crippen molar-refractivity contribution in [2.75, 3.05) is 26.2 Å². The second kappa shape index (κ2) is 18.5. The summed E-state index contributed by atoms with van der Waals surface area (Å²) in [5.41, 5.74) is 0. The molecule has 0 aromatic heterocycles. The topological polar surface area (TPSA) is 200 Å². The van der Waals surface area contributed by atoms with Crippen LogP contribution in [0.15, 0.2) is 0 Å². The first-order chi connectivity index (χ1) is 16.0. The number of carbonyl (C=O) groups excluding carboxylic acids is 3. The van der Waals surface area contributed by atoms with Crippen LogP contribution in [0.1, 0.15) is 59.3 Å². The molecule has 0 saturated carbocycles. The summed E-state index contributed by atoms with van der Waals surface area (Å²) in [6.07, 6.45) is -3.47. The SMILES string of the molecule is CCCCCNC(=O)CCNC(=O)[C@H](CCC(=O)NC[C@H](O)[C@@H](O)[C@H](O)[C@H](O)CO)NC(C)C. The van der Waals surface area contributed by atoms with E-state index in [4.69, 9.17) is 5.11 Å². The van der Waals surface area contributed by atoms with Crippen molar-refractivity contribution >= 4 is 17.7 Å². The summed E-state index contributed by atoms with van der Waals surface area (Å²) in [5.74, 6) is -0.961. The van der Waals surface area contributed by atoms with E-state index >= 15 is 0 Å². The lowest BCUT2D eigenvalue weighted by atomic mass is 10.0. The molecule has 34 heavy (non-hydrogen) atoms. The molecule has 0 fully saturated rings. The zero-order chi connectivity index (χ0) is 26.1. The number of aliphatic hydroxyl groups excluding tert-OH is 5. The van der Waals surface area contributed by atoms with Gasteiger partial charge in [-0.25, -0.2) is 0 Å². The highest BCUT2D eigenvalue weighted by molar-refractivity contribution is 5.84. The number of hydrogen-bond donors (Lipinski definition) is 9. The minimum absolute atomic E-state index is 0.0305. The molecule has 0 aromatic rings. The van der Waals surface area contributed by atoms with E-state index < -0.39 is 49.5 Å². The van der Waals surface area contributed by atoms with Crippen LogP contribution < -0.4 is 21.3 Å². The van der Waals surface area contributed by atoms with Gasteiger partial charge in [-0.05, 0) is 12.8 Å². The number of rotatable bonds is 19.